The van der Waals surface area contributed by atoms with Crippen LogP contribution in [0, 0.1) is 5.92 Å². The van der Waals surface area contributed by atoms with E-state index >= 15 is 0 Å². The maximum absolute atomic E-state index is 12.8. The lowest BCUT2D eigenvalue weighted by Gasteiger charge is -2.13. The van der Waals surface area contributed by atoms with E-state index in [2.05, 4.69) is 20.3 Å². The summed E-state index contributed by atoms with van der Waals surface area (Å²) in [5.41, 5.74) is 1.53. The van der Waals surface area contributed by atoms with Gasteiger partial charge >= 0.3 is 0 Å². The zero-order valence-electron chi connectivity index (χ0n) is 14.8. The lowest BCUT2D eigenvalue weighted by molar-refractivity contribution is 0.0947. The molecular formula is C19H21N5O2. The van der Waals surface area contributed by atoms with E-state index in [-0.39, 0.29) is 11.6 Å². The molecule has 3 aromatic rings. The topological polar surface area (TPSA) is 89.8 Å². The molecule has 0 saturated carbocycles. The molecule has 0 atom stereocenters. The number of fused-ring (bicyclic) bond motifs is 1. The number of aromatic nitrogens is 4. The summed E-state index contributed by atoms with van der Waals surface area (Å²) < 4.78 is 1.53. The van der Waals surface area contributed by atoms with E-state index in [4.69, 9.17) is 0 Å². The highest BCUT2D eigenvalue weighted by molar-refractivity contribution is 5.93. The molecule has 0 aromatic carbocycles. The van der Waals surface area contributed by atoms with Crippen LogP contribution in [-0.4, -0.2) is 32.0 Å². The highest BCUT2D eigenvalue weighted by Crippen LogP contribution is 2.09. The van der Waals surface area contributed by atoms with Crippen molar-refractivity contribution in [1.82, 2.24) is 24.8 Å². The van der Waals surface area contributed by atoms with Crippen LogP contribution in [0.1, 0.15) is 29.9 Å². The first-order chi connectivity index (χ1) is 12.6. The lowest BCUT2D eigenvalue weighted by Crippen LogP contribution is -2.36. The van der Waals surface area contributed by atoms with Crippen molar-refractivity contribution in [1.29, 1.82) is 0 Å². The Kier molecular flexibility index (Phi) is 5.36. The van der Waals surface area contributed by atoms with E-state index in [1.165, 1.54) is 4.57 Å². The average Bonchev–Trinajstić information content (AvgIpc) is 2.64. The molecule has 134 valence electrons. The van der Waals surface area contributed by atoms with Crippen molar-refractivity contribution in [3.05, 3.63) is 64.5 Å². The van der Waals surface area contributed by atoms with Gasteiger partial charge in [0.25, 0.3) is 11.5 Å². The van der Waals surface area contributed by atoms with Crippen molar-refractivity contribution in [2.24, 2.45) is 5.92 Å². The second-order valence-electron chi connectivity index (χ2n) is 6.48. The quantitative estimate of drug-likeness (QED) is 0.731. The molecule has 0 radical (unpaired) electrons. The standard InChI is InChI=1S/C19H21N5O2/c1-13(2)12-24-17-15(6-4-9-21-17)23-16(19(24)26)18(25)22-10-7-14-5-3-8-20-11-14/h3-6,8-9,11,13H,7,10,12H2,1-2H3,(H,22,25). The van der Waals surface area contributed by atoms with Gasteiger partial charge in [-0.25, -0.2) is 9.97 Å². The largest absolute Gasteiger partial charge is 0.350 e. The summed E-state index contributed by atoms with van der Waals surface area (Å²) in [5, 5.41) is 2.77. The number of pyridine rings is 2. The van der Waals surface area contributed by atoms with Crippen LogP contribution in [0.25, 0.3) is 11.2 Å². The third-order valence-electron chi connectivity index (χ3n) is 3.89. The van der Waals surface area contributed by atoms with Crippen molar-refractivity contribution < 1.29 is 4.79 Å². The Balaban J connectivity index is 1.85. The fraction of sp³-hybridized carbons (Fsp3) is 0.316. The Morgan fingerprint density at radius 3 is 2.77 bits per heavy atom. The average molecular weight is 351 g/mol. The van der Waals surface area contributed by atoms with Gasteiger partial charge < -0.3 is 5.32 Å². The van der Waals surface area contributed by atoms with Gasteiger partial charge in [-0.05, 0) is 36.1 Å². The third kappa shape index (κ3) is 3.93. The monoisotopic (exact) mass is 351 g/mol. The second-order valence-corrected chi connectivity index (χ2v) is 6.48. The van der Waals surface area contributed by atoms with Crippen molar-refractivity contribution in [2.45, 2.75) is 26.8 Å². The number of hydrogen-bond acceptors (Lipinski definition) is 5. The molecule has 0 saturated heterocycles. The van der Waals surface area contributed by atoms with Gasteiger partial charge in [-0.3, -0.25) is 19.1 Å². The van der Waals surface area contributed by atoms with Crippen LogP contribution >= 0.6 is 0 Å². The minimum Gasteiger partial charge on any atom is -0.350 e. The number of nitrogens with one attached hydrogen (secondary N) is 1. The molecule has 3 aromatic heterocycles. The predicted octanol–water partition coefficient (Wildman–Crippen LogP) is 1.81. The van der Waals surface area contributed by atoms with E-state index in [9.17, 15) is 9.59 Å². The lowest BCUT2D eigenvalue weighted by atomic mass is 10.2. The van der Waals surface area contributed by atoms with Gasteiger partial charge in [0, 0.05) is 31.7 Å². The minimum atomic E-state index is -0.470. The summed E-state index contributed by atoms with van der Waals surface area (Å²) in [6.07, 6.45) is 5.71. The first-order valence-electron chi connectivity index (χ1n) is 8.59. The minimum absolute atomic E-state index is 0.0997. The number of amides is 1. The summed E-state index contributed by atoms with van der Waals surface area (Å²) >= 11 is 0. The molecule has 3 heterocycles. The summed E-state index contributed by atoms with van der Waals surface area (Å²) in [5.74, 6) is -0.232. The molecule has 7 nitrogen and oxygen atoms in total. The van der Waals surface area contributed by atoms with Gasteiger partial charge in [-0.2, -0.15) is 0 Å². The number of nitrogens with zero attached hydrogens (tertiary/aromatic N) is 4. The fourth-order valence-electron chi connectivity index (χ4n) is 2.71. The Morgan fingerprint density at radius 2 is 2.04 bits per heavy atom. The normalized spacial score (nSPS) is 11.0. The molecule has 0 bridgehead atoms. The molecule has 1 amide bonds. The molecule has 0 aliphatic rings. The Morgan fingerprint density at radius 1 is 1.23 bits per heavy atom. The maximum atomic E-state index is 12.8. The van der Waals surface area contributed by atoms with E-state index < -0.39 is 11.5 Å². The molecule has 0 aliphatic carbocycles. The smallest absolute Gasteiger partial charge is 0.283 e. The zero-order valence-corrected chi connectivity index (χ0v) is 14.8. The van der Waals surface area contributed by atoms with Gasteiger partial charge in [0.05, 0.1) is 0 Å². The van der Waals surface area contributed by atoms with E-state index in [0.29, 0.717) is 30.7 Å². The van der Waals surface area contributed by atoms with Crippen LogP contribution in [0.5, 0.6) is 0 Å². The van der Waals surface area contributed by atoms with Gasteiger partial charge in [-0.1, -0.05) is 19.9 Å². The summed E-state index contributed by atoms with van der Waals surface area (Å²) in [4.78, 5) is 37.8. The van der Waals surface area contributed by atoms with Gasteiger partial charge in [0.15, 0.2) is 11.3 Å². The molecule has 26 heavy (non-hydrogen) atoms. The maximum Gasteiger partial charge on any atom is 0.283 e. The SMILES string of the molecule is CC(C)Cn1c(=O)c(C(=O)NCCc2cccnc2)nc2cccnc21. The summed E-state index contributed by atoms with van der Waals surface area (Å²) in [7, 11) is 0. The Hall–Kier alpha value is -3.09. The molecule has 1 N–H and O–H groups in total. The van der Waals surface area contributed by atoms with Crippen LogP contribution in [0.3, 0.4) is 0 Å². The zero-order chi connectivity index (χ0) is 18.5. The summed E-state index contributed by atoms with van der Waals surface area (Å²) in [6.45, 7) is 4.90. The van der Waals surface area contributed by atoms with E-state index in [1.807, 2.05) is 26.0 Å². The Labute approximate surface area is 151 Å². The van der Waals surface area contributed by atoms with E-state index in [0.717, 1.165) is 5.56 Å². The van der Waals surface area contributed by atoms with E-state index in [1.54, 1.807) is 30.7 Å². The van der Waals surface area contributed by atoms with Crippen LogP contribution in [0.4, 0.5) is 0 Å². The first kappa shape index (κ1) is 17.7. The van der Waals surface area contributed by atoms with Crippen molar-refractivity contribution in [3.8, 4) is 0 Å². The van der Waals surface area contributed by atoms with Gasteiger partial charge in [-0.15, -0.1) is 0 Å². The molecule has 3 rings (SSSR count). The Bertz CT molecular complexity index is 967. The van der Waals surface area contributed by atoms with Gasteiger partial charge in [0.1, 0.15) is 5.52 Å². The number of carbonyl (C=O) groups is 1. The molecule has 0 fully saturated rings. The highest BCUT2D eigenvalue weighted by atomic mass is 16.2. The molecule has 0 unspecified atom stereocenters. The van der Waals surface area contributed by atoms with Crippen molar-refractivity contribution in [2.75, 3.05) is 6.54 Å². The fourth-order valence-corrected chi connectivity index (χ4v) is 2.71. The second kappa shape index (κ2) is 7.86. The van der Waals surface area contributed by atoms with Crippen LogP contribution in [-0.2, 0) is 13.0 Å². The number of carbonyl (C=O) groups excluding carboxylic acids is 1. The number of rotatable bonds is 6. The van der Waals surface area contributed by atoms with Crippen molar-refractivity contribution >= 4 is 17.1 Å². The van der Waals surface area contributed by atoms with Gasteiger partial charge in [0.2, 0.25) is 0 Å². The third-order valence-corrected chi connectivity index (χ3v) is 3.89. The first-order valence-corrected chi connectivity index (χ1v) is 8.59. The molecule has 0 spiro atoms. The van der Waals surface area contributed by atoms with Crippen LogP contribution in [0.15, 0.2) is 47.7 Å². The molecule has 7 heteroatoms. The van der Waals surface area contributed by atoms with Crippen molar-refractivity contribution in [3.63, 3.8) is 0 Å². The number of hydrogen-bond donors (Lipinski definition) is 1. The predicted molar refractivity (Wildman–Crippen MR) is 98.9 cm³/mol. The molecular weight excluding hydrogens is 330 g/mol. The molecule has 0 aliphatic heterocycles. The summed E-state index contributed by atoms with van der Waals surface area (Å²) in [6, 6.07) is 7.28. The highest BCUT2D eigenvalue weighted by Gasteiger charge is 2.18. The van der Waals surface area contributed by atoms with Crippen LogP contribution in [0.2, 0.25) is 0 Å². The van der Waals surface area contributed by atoms with Crippen LogP contribution < -0.4 is 10.9 Å².